The van der Waals surface area contributed by atoms with Crippen molar-refractivity contribution in [1.82, 2.24) is 0 Å². The largest absolute Gasteiger partial charge is 0.203 e. The molecule has 0 bridgehead atoms. The van der Waals surface area contributed by atoms with Crippen molar-refractivity contribution in [3.8, 4) is 0 Å². The van der Waals surface area contributed by atoms with Gasteiger partial charge in [-0.3, -0.25) is 0 Å². The van der Waals surface area contributed by atoms with Gasteiger partial charge in [-0.1, -0.05) is 12.1 Å². The van der Waals surface area contributed by atoms with Gasteiger partial charge in [0.15, 0.2) is 23.3 Å². The summed E-state index contributed by atoms with van der Waals surface area (Å²) >= 11 is 0. The Labute approximate surface area is 99.5 Å². The maximum Gasteiger partial charge on any atom is 0.198 e. The Kier molecular flexibility index (Phi) is 2.26. The molecule has 88 valence electrons. The number of fused-ring (bicyclic) bond motifs is 2. The summed E-state index contributed by atoms with van der Waals surface area (Å²) in [6, 6.07) is 11.1. The third-order valence-electron chi connectivity index (χ3n) is 2.77. The maximum absolute atomic E-state index is 13.6. The van der Waals surface area contributed by atoms with Gasteiger partial charge in [0.1, 0.15) is 0 Å². The third kappa shape index (κ3) is 1.38. The first-order valence-corrected chi connectivity index (χ1v) is 5.07. The fraction of sp³-hybridized carbons (Fsp3) is 0. The van der Waals surface area contributed by atoms with E-state index in [1.54, 1.807) is 12.1 Å². The topological polar surface area (TPSA) is 0 Å². The SMILES string of the molecule is Fc1c(F)c(F)c2cc3[c]cc[c]c3cc2c1F. The van der Waals surface area contributed by atoms with Crippen molar-refractivity contribution >= 4 is 21.5 Å². The summed E-state index contributed by atoms with van der Waals surface area (Å²) in [4.78, 5) is 0. The lowest BCUT2D eigenvalue weighted by molar-refractivity contribution is 0.418. The first-order chi connectivity index (χ1) is 8.59. The third-order valence-corrected chi connectivity index (χ3v) is 2.77. The van der Waals surface area contributed by atoms with Crippen molar-refractivity contribution in [3.63, 3.8) is 0 Å². The lowest BCUT2D eigenvalue weighted by Gasteiger charge is -2.06. The number of benzene rings is 3. The van der Waals surface area contributed by atoms with Crippen molar-refractivity contribution in [2.75, 3.05) is 0 Å². The summed E-state index contributed by atoms with van der Waals surface area (Å²) in [7, 11) is 0. The Hall–Kier alpha value is -2.10. The highest BCUT2D eigenvalue weighted by Gasteiger charge is 2.20. The van der Waals surface area contributed by atoms with E-state index in [4.69, 9.17) is 0 Å². The van der Waals surface area contributed by atoms with Crippen LogP contribution in [-0.2, 0) is 0 Å². The van der Waals surface area contributed by atoms with Gasteiger partial charge in [-0.05, 0) is 35.0 Å². The highest BCUT2D eigenvalue weighted by atomic mass is 19.2. The number of hydrogen-bond donors (Lipinski definition) is 0. The van der Waals surface area contributed by atoms with E-state index < -0.39 is 23.3 Å². The lowest BCUT2D eigenvalue weighted by atomic mass is 10.0. The average Bonchev–Trinajstić information content (AvgIpc) is 2.41. The van der Waals surface area contributed by atoms with Crippen LogP contribution < -0.4 is 0 Å². The molecule has 0 nitrogen and oxygen atoms in total. The smallest absolute Gasteiger partial charge is 0.198 e. The first-order valence-electron chi connectivity index (χ1n) is 5.07. The second kappa shape index (κ2) is 3.70. The molecule has 0 saturated carbocycles. The number of halogens is 4. The Morgan fingerprint density at radius 2 is 1.00 bits per heavy atom. The van der Waals surface area contributed by atoms with Crippen LogP contribution in [0.15, 0.2) is 24.3 Å². The average molecular weight is 248 g/mol. The molecule has 0 aliphatic carbocycles. The van der Waals surface area contributed by atoms with Gasteiger partial charge in [-0.15, -0.1) is 0 Å². The van der Waals surface area contributed by atoms with Gasteiger partial charge in [0, 0.05) is 10.8 Å². The minimum Gasteiger partial charge on any atom is -0.203 e. The Morgan fingerprint density at radius 1 is 0.611 bits per heavy atom. The molecule has 3 rings (SSSR count). The number of rotatable bonds is 0. The van der Waals surface area contributed by atoms with E-state index in [0.717, 1.165) is 0 Å². The molecule has 0 fully saturated rings. The molecule has 0 aromatic heterocycles. The van der Waals surface area contributed by atoms with Gasteiger partial charge < -0.3 is 0 Å². The Morgan fingerprint density at radius 3 is 1.39 bits per heavy atom. The summed E-state index contributed by atoms with van der Waals surface area (Å²) in [5.74, 6) is -6.41. The molecular weight excluding hydrogens is 244 g/mol. The molecule has 0 saturated heterocycles. The summed E-state index contributed by atoms with van der Waals surface area (Å²) < 4.78 is 53.3. The molecule has 0 atom stereocenters. The standard InChI is InChI=1S/C14H4F4/c15-11-9-5-7-3-1-2-4-8(7)6-10(9)12(16)14(18)13(11)17/h1-2,5-6H. The first kappa shape index (κ1) is 11.0. The van der Waals surface area contributed by atoms with E-state index in [9.17, 15) is 17.6 Å². The summed E-state index contributed by atoms with van der Waals surface area (Å²) in [6.45, 7) is 0. The van der Waals surface area contributed by atoms with Crippen LogP contribution in [0.1, 0.15) is 0 Å². The van der Waals surface area contributed by atoms with Crippen LogP contribution in [0.25, 0.3) is 21.5 Å². The van der Waals surface area contributed by atoms with E-state index in [0.29, 0.717) is 10.8 Å². The van der Waals surface area contributed by atoms with Crippen LogP contribution in [0, 0.1) is 35.4 Å². The zero-order chi connectivity index (χ0) is 12.9. The molecule has 3 aromatic rings. The minimum atomic E-state index is -1.81. The molecule has 0 unspecified atom stereocenters. The highest BCUT2D eigenvalue weighted by molar-refractivity contribution is 5.98. The van der Waals surface area contributed by atoms with Crippen molar-refractivity contribution < 1.29 is 17.6 Å². The highest BCUT2D eigenvalue weighted by Crippen LogP contribution is 2.30. The second-order valence-corrected chi connectivity index (χ2v) is 3.82. The Balaban J connectivity index is 2.58. The summed E-state index contributed by atoms with van der Waals surface area (Å²) in [5.41, 5.74) is 0. The van der Waals surface area contributed by atoms with Crippen molar-refractivity contribution in [1.29, 1.82) is 0 Å². The van der Waals surface area contributed by atoms with Gasteiger partial charge in [0.2, 0.25) is 0 Å². The molecule has 2 radical (unpaired) electrons. The zero-order valence-electron chi connectivity index (χ0n) is 8.82. The van der Waals surface area contributed by atoms with Crippen LogP contribution in [0.4, 0.5) is 17.6 Å². The van der Waals surface area contributed by atoms with E-state index in [1.165, 1.54) is 12.1 Å². The molecule has 0 heterocycles. The fourth-order valence-electron chi connectivity index (χ4n) is 1.89. The van der Waals surface area contributed by atoms with Crippen molar-refractivity contribution in [3.05, 3.63) is 59.7 Å². The van der Waals surface area contributed by atoms with Gasteiger partial charge in [0.05, 0.1) is 0 Å². The van der Waals surface area contributed by atoms with E-state index in [-0.39, 0.29) is 10.8 Å². The molecule has 0 aliphatic heterocycles. The predicted octanol–water partition coefficient (Wildman–Crippen LogP) is 4.15. The molecular formula is C14H4F4. The molecule has 3 aromatic carbocycles. The fourth-order valence-corrected chi connectivity index (χ4v) is 1.89. The molecule has 4 heteroatoms. The van der Waals surface area contributed by atoms with Crippen LogP contribution in [0.5, 0.6) is 0 Å². The van der Waals surface area contributed by atoms with E-state index in [1.807, 2.05) is 0 Å². The van der Waals surface area contributed by atoms with Crippen LogP contribution in [-0.4, -0.2) is 0 Å². The monoisotopic (exact) mass is 248 g/mol. The maximum atomic E-state index is 13.6. The lowest BCUT2D eigenvalue weighted by Crippen LogP contribution is -1.98. The summed E-state index contributed by atoms with van der Waals surface area (Å²) in [6.07, 6.45) is 0. The van der Waals surface area contributed by atoms with E-state index in [2.05, 4.69) is 12.1 Å². The van der Waals surface area contributed by atoms with Crippen LogP contribution in [0.2, 0.25) is 0 Å². The molecule has 18 heavy (non-hydrogen) atoms. The molecule has 0 spiro atoms. The second-order valence-electron chi connectivity index (χ2n) is 3.82. The van der Waals surface area contributed by atoms with Crippen molar-refractivity contribution in [2.45, 2.75) is 0 Å². The molecule has 0 amide bonds. The molecule has 0 N–H and O–H groups in total. The van der Waals surface area contributed by atoms with Gasteiger partial charge in [-0.2, -0.15) is 0 Å². The number of hydrogen-bond acceptors (Lipinski definition) is 0. The van der Waals surface area contributed by atoms with Crippen molar-refractivity contribution in [2.24, 2.45) is 0 Å². The van der Waals surface area contributed by atoms with Gasteiger partial charge >= 0.3 is 0 Å². The summed E-state index contributed by atoms with van der Waals surface area (Å²) in [5, 5.41) is 0.285. The normalized spacial score (nSPS) is 11.3. The zero-order valence-corrected chi connectivity index (χ0v) is 8.82. The van der Waals surface area contributed by atoms with Gasteiger partial charge in [-0.25, -0.2) is 17.6 Å². The molecule has 0 aliphatic rings. The van der Waals surface area contributed by atoms with E-state index >= 15 is 0 Å². The van der Waals surface area contributed by atoms with Crippen LogP contribution >= 0.6 is 0 Å². The van der Waals surface area contributed by atoms with Crippen LogP contribution in [0.3, 0.4) is 0 Å². The van der Waals surface area contributed by atoms with Gasteiger partial charge in [0.25, 0.3) is 0 Å². The quantitative estimate of drug-likeness (QED) is 0.242. The Bertz CT molecular complexity index is 712. The minimum absolute atomic E-state index is 0.310. The predicted molar refractivity (Wildman–Crippen MR) is 59.0 cm³/mol.